The molecule has 1 aliphatic rings. The number of aromatic nitrogens is 3. The van der Waals surface area contributed by atoms with E-state index in [1.54, 1.807) is 11.8 Å². The van der Waals surface area contributed by atoms with Crippen LogP contribution in [-0.2, 0) is 16.0 Å². The van der Waals surface area contributed by atoms with Crippen molar-refractivity contribution in [3.8, 4) is 5.75 Å². The Bertz CT molecular complexity index is 1180. The van der Waals surface area contributed by atoms with Crippen LogP contribution >= 0.6 is 11.8 Å². The van der Waals surface area contributed by atoms with E-state index in [0.29, 0.717) is 28.0 Å². The van der Waals surface area contributed by atoms with E-state index in [4.69, 9.17) is 4.74 Å². The molecule has 0 saturated carbocycles. The first-order chi connectivity index (χ1) is 14.9. The fourth-order valence-electron chi connectivity index (χ4n) is 3.43. The molecule has 0 fully saturated rings. The standard InChI is InChI=1S/C23H22N4O3S/c1-14-5-9-18(10-6-14)21-22(15(2)28)31-23-25-24-20(27(23)26(21)16(3)29)13-17-7-11-19(30-4)12-8-17/h5-12H,13H2,1-4H3. The maximum absolute atomic E-state index is 12.8. The van der Waals surface area contributed by atoms with Gasteiger partial charge in [0.2, 0.25) is 11.1 Å². The lowest BCUT2D eigenvalue weighted by molar-refractivity contribution is -0.117. The fourth-order valence-corrected chi connectivity index (χ4v) is 4.42. The van der Waals surface area contributed by atoms with E-state index < -0.39 is 0 Å². The molecule has 1 amide bonds. The molecule has 0 bridgehead atoms. The van der Waals surface area contributed by atoms with Gasteiger partial charge in [-0.05, 0) is 43.3 Å². The molecule has 3 aromatic rings. The normalized spacial score (nSPS) is 13.2. The van der Waals surface area contributed by atoms with Gasteiger partial charge in [-0.3, -0.25) is 9.59 Å². The number of thioether (sulfide) groups is 1. The second-order valence-electron chi connectivity index (χ2n) is 7.27. The van der Waals surface area contributed by atoms with Crippen LogP contribution in [0.1, 0.15) is 36.4 Å². The molecule has 0 saturated heterocycles. The molecule has 4 rings (SSSR count). The lowest BCUT2D eigenvalue weighted by Gasteiger charge is -2.32. The fraction of sp³-hybridized carbons (Fsp3) is 0.217. The Labute approximate surface area is 184 Å². The predicted octanol–water partition coefficient (Wildman–Crippen LogP) is 3.73. The number of rotatable bonds is 5. The first-order valence-corrected chi connectivity index (χ1v) is 10.6. The summed E-state index contributed by atoms with van der Waals surface area (Å²) < 4.78 is 6.93. The van der Waals surface area contributed by atoms with Crippen molar-refractivity contribution in [1.29, 1.82) is 0 Å². The number of fused-ring (bicyclic) bond motifs is 1. The summed E-state index contributed by atoms with van der Waals surface area (Å²) in [6, 6.07) is 15.4. The van der Waals surface area contributed by atoms with Crippen molar-refractivity contribution in [2.75, 3.05) is 12.1 Å². The average Bonchev–Trinajstić information content (AvgIpc) is 3.15. The zero-order chi connectivity index (χ0) is 22.1. The molecule has 1 aromatic heterocycles. The Hall–Kier alpha value is -3.39. The van der Waals surface area contributed by atoms with Crippen molar-refractivity contribution in [2.24, 2.45) is 0 Å². The Kier molecular flexibility index (Phi) is 5.65. The number of hydrogen-bond acceptors (Lipinski definition) is 6. The second-order valence-corrected chi connectivity index (χ2v) is 8.25. The zero-order valence-electron chi connectivity index (χ0n) is 17.7. The summed E-state index contributed by atoms with van der Waals surface area (Å²) >= 11 is 1.24. The summed E-state index contributed by atoms with van der Waals surface area (Å²) in [4.78, 5) is 25.8. The highest BCUT2D eigenvalue weighted by atomic mass is 32.2. The number of nitrogens with zero attached hydrogens (tertiary/aromatic N) is 4. The lowest BCUT2D eigenvalue weighted by atomic mass is 10.1. The molecule has 31 heavy (non-hydrogen) atoms. The molecule has 2 aromatic carbocycles. The third-order valence-electron chi connectivity index (χ3n) is 4.96. The highest BCUT2D eigenvalue weighted by Gasteiger charge is 2.34. The summed E-state index contributed by atoms with van der Waals surface area (Å²) in [5, 5.41) is 10.6. The van der Waals surface area contributed by atoms with Gasteiger partial charge < -0.3 is 4.74 Å². The summed E-state index contributed by atoms with van der Waals surface area (Å²) in [7, 11) is 1.62. The number of ketones is 1. The molecule has 1 aliphatic heterocycles. The molecular formula is C23H22N4O3S. The van der Waals surface area contributed by atoms with E-state index in [1.807, 2.05) is 55.5 Å². The smallest absolute Gasteiger partial charge is 0.243 e. The number of benzene rings is 2. The van der Waals surface area contributed by atoms with Crippen molar-refractivity contribution in [3.05, 3.63) is 76.0 Å². The van der Waals surface area contributed by atoms with Gasteiger partial charge in [0.15, 0.2) is 11.6 Å². The van der Waals surface area contributed by atoms with Crippen LogP contribution in [0.4, 0.5) is 0 Å². The Morgan fingerprint density at radius 1 is 1.00 bits per heavy atom. The van der Waals surface area contributed by atoms with Crippen molar-refractivity contribution in [1.82, 2.24) is 14.9 Å². The third-order valence-corrected chi connectivity index (χ3v) is 6.08. The van der Waals surface area contributed by atoms with Crippen molar-refractivity contribution in [3.63, 3.8) is 0 Å². The minimum absolute atomic E-state index is 0.127. The van der Waals surface area contributed by atoms with E-state index in [-0.39, 0.29) is 11.7 Å². The van der Waals surface area contributed by atoms with Crippen LogP contribution in [0.25, 0.3) is 5.70 Å². The minimum atomic E-state index is -0.230. The van der Waals surface area contributed by atoms with Gasteiger partial charge in [-0.2, -0.15) is 0 Å². The van der Waals surface area contributed by atoms with Crippen LogP contribution in [0.15, 0.2) is 58.6 Å². The lowest BCUT2D eigenvalue weighted by Crippen LogP contribution is -2.41. The van der Waals surface area contributed by atoms with E-state index in [1.165, 1.54) is 30.6 Å². The monoisotopic (exact) mass is 434 g/mol. The van der Waals surface area contributed by atoms with Gasteiger partial charge >= 0.3 is 0 Å². The molecular weight excluding hydrogens is 412 g/mol. The van der Waals surface area contributed by atoms with Crippen LogP contribution in [0.3, 0.4) is 0 Å². The Morgan fingerprint density at radius 2 is 1.68 bits per heavy atom. The number of carbonyl (C=O) groups excluding carboxylic acids is 2. The number of carbonyl (C=O) groups is 2. The van der Waals surface area contributed by atoms with E-state index in [2.05, 4.69) is 10.2 Å². The molecule has 7 nitrogen and oxygen atoms in total. The van der Waals surface area contributed by atoms with Gasteiger partial charge in [-0.1, -0.05) is 42.0 Å². The predicted molar refractivity (Wildman–Crippen MR) is 119 cm³/mol. The topological polar surface area (TPSA) is 77.3 Å². The van der Waals surface area contributed by atoms with Crippen molar-refractivity contribution >= 4 is 29.1 Å². The van der Waals surface area contributed by atoms with E-state index in [9.17, 15) is 9.59 Å². The molecule has 0 radical (unpaired) electrons. The molecule has 158 valence electrons. The summed E-state index contributed by atoms with van der Waals surface area (Å²) in [6.45, 7) is 4.97. The SMILES string of the molecule is COc1ccc(Cc2nnc3n2N(C(C)=O)C(c2ccc(C)cc2)=C(C(C)=O)S3)cc1. The van der Waals surface area contributed by atoms with Crippen LogP contribution in [0.5, 0.6) is 5.75 Å². The van der Waals surface area contributed by atoms with Crippen LogP contribution < -0.4 is 9.75 Å². The molecule has 0 unspecified atom stereocenters. The maximum atomic E-state index is 12.8. The second kappa shape index (κ2) is 8.39. The van der Waals surface area contributed by atoms with Crippen molar-refractivity contribution in [2.45, 2.75) is 32.3 Å². The molecule has 0 spiro atoms. The number of hydrogen-bond donors (Lipinski definition) is 0. The summed E-state index contributed by atoms with van der Waals surface area (Å²) in [5.41, 5.74) is 3.43. The first kappa shape index (κ1) is 20.9. The summed E-state index contributed by atoms with van der Waals surface area (Å²) in [5.74, 6) is 1.02. The van der Waals surface area contributed by atoms with Crippen LogP contribution in [0, 0.1) is 6.92 Å². The summed E-state index contributed by atoms with van der Waals surface area (Å²) in [6.07, 6.45) is 0.470. The maximum Gasteiger partial charge on any atom is 0.243 e. The molecule has 2 heterocycles. The number of allylic oxidation sites excluding steroid dienone is 1. The molecule has 0 N–H and O–H groups in total. The number of ether oxygens (including phenoxy) is 1. The average molecular weight is 435 g/mol. The van der Waals surface area contributed by atoms with Crippen LogP contribution in [-0.4, -0.2) is 33.7 Å². The largest absolute Gasteiger partial charge is 0.497 e. The van der Waals surface area contributed by atoms with Gasteiger partial charge in [0.1, 0.15) is 5.75 Å². The van der Waals surface area contributed by atoms with E-state index in [0.717, 1.165) is 22.4 Å². The Balaban J connectivity index is 1.82. The van der Waals surface area contributed by atoms with Gasteiger partial charge in [0.25, 0.3) is 0 Å². The quantitative estimate of drug-likeness (QED) is 0.609. The van der Waals surface area contributed by atoms with E-state index >= 15 is 0 Å². The number of amides is 1. The molecule has 0 atom stereocenters. The van der Waals surface area contributed by atoms with Gasteiger partial charge in [0.05, 0.1) is 17.7 Å². The van der Waals surface area contributed by atoms with Gasteiger partial charge in [-0.25, -0.2) is 9.69 Å². The first-order valence-electron chi connectivity index (χ1n) is 9.77. The van der Waals surface area contributed by atoms with Crippen molar-refractivity contribution < 1.29 is 14.3 Å². The zero-order valence-corrected chi connectivity index (χ0v) is 18.6. The minimum Gasteiger partial charge on any atom is -0.497 e. The third kappa shape index (κ3) is 3.98. The van der Waals surface area contributed by atoms with Crippen LogP contribution in [0.2, 0.25) is 0 Å². The van der Waals surface area contributed by atoms with Gasteiger partial charge in [-0.15, -0.1) is 10.2 Å². The highest BCUT2D eigenvalue weighted by Crippen LogP contribution is 2.40. The highest BCUT2D eigenvalue weighted by molar-refractivity contribution is 8.04. The Morgan fingerprint density at radius 3 is 2.26 bits per heavy atom. The molecule has 0 aliphatic carbocycles. The number of Topliss-reactive ketones (excluding diaryl/α,β-unsaturated/α-hetero) is 1. The van der Waals surface area contributed by atoms with Gasteiger partial charge in [0, 0.05) is 18.9 Å². The molecule has 8 heteroatoms. The number of aryl methyl sites for hydroxylation is 1. The number of methoxy groups -OCH3 is 1.